The summed E-state index contributed by atoms with van der Waals surface area (Å²) in [7, 11) is 1.55. The molecule has 23 heavy (non-hydrogen) atoms. The van der Waals surface area contributed by atoms with Crippen LogP contribution in [0.3, 0.4) is 0 Å². The maximum atomic E-state index is 12.6. The summed E-state index contributed by atoms with van der Waals surface area (Å²) in [4.78, 5) is 12.6. The number of benzene rings is 2. The second-order valence-corrected chi connectivity index (χ2v) is 6.94. The zero-order chi connectivity index (χ0) is 16.6. The average Bonchev–Trinajstić information content (AvgIpc) is 3.08. The van der Waals surface area contributed by atoms with E-state index in [-0.39, 0.29) is 17.4 Å². The van der Waals surface area contributed by atoms with Gasteiger partial charge in [-0.25, -0.2) is 0 Å². The van der Waals surface area contributed by atoms with Gasteiger partial charge in [0, 0.05) is 17.0 Å². The van der Waals surface area contributed by atoms with E-state index in [9.17, 15) is 4.79 Å². The van der Waals surface area contributed by atoms with Gasteiger partial charge in [0.1, 0.15) is 5.75 Å². The SMILES string of the molecule is COc1ccc(Cl)cc1C(=O)N[C@@H]1[C@@H](c2ccccc2)C1(C)C. The molecule has 2 atom stereocenters. The summed E-state index contributed by atoms with van der Waals surface area (Å²) in [5, 5.41) is 3.65. The molecule has 1 saturated carbocycles. The summed E-state index contributed by atoms with van der Waals surface area (Å²) >= 11 is 6.02. The molecule has 0 aromatic heterocycles. The predicted octanol–water partition coefficient (Wildman–Crippen LogP) is 4.27. The number of hydrogen-bond acceptors (Lipinski definition) is 2. The van der Waals surface area contributed by atoms with Crippen LogP contribution in [0.15, 0.2) is 48.5 Å². The van der Waals surface area contributed by atoms with Crippen molar-refractivity contribution in [1.82, 2.24) is 5.32 Å². The van der Waals surface area contributed by atoms with Crippen molar-refractivity contribution in [2.45, 2.75) is 25.8 Å². The van der Waals surface area contributed by atoms with Gasteiger partial charge in [-0.2, -0.15) is 0 Å². The van der Waals surface area contributed by atoms with Gasteiger partial charge in [0.15, 0.2) is 0 Å². The van der Waals surface area contributed by atoms with E-state index in [1.807, 2.05) is 18.2 Å². The molecule has 2 aromatic rings. The van der Waals surface area contributed by atoms with Crippen molar-refractivity contribution in [3.63, 3.8) is 0 Å². The lowest BCUT2D eigenvalue weighted by Gasteiger charge is -2.10. The summed E-state index contributed by atoms with van der Waals surface area (Å²) in [6.45, 7) is 4.34. The minimum Gasteiger partial charge on any atom is -0.496 e. The number of hydrogen-bond donors (Lipinski definition) is 1. The minimum absolute atomic E-state index is 0.0306. The Kier molecular flexibility index (Phi) is 4.07. The zero-order valence-corrected chi connectivity index (χ0v) is 14.2. The molecule has 1 aliphatic carbocycles. The number of carbonyl (C=O) groups is 1. The Morgan fingerprint density at radius 2 is 1.87 bits per heavy atom. The Morgan fingerprint density at radius 3 is 2.52 bits per heavy atom. The maximum Gasteiger partial charge on any atom is 0.255 e. The summed E-state index contributed by atoms with van der Waals surface area (Å²) < 4.78 is 5.27. The van der Waals surface area contributed by atoms with Gasteiger partial charge < -0.3 is 10.1 Å². The topological polar surface area (TPSA) is 38.3 Å². The predicted molar refractivity (Wildman–Crippen MR) is 92.2 cm³/mol. The van der Waals surface area contributed by atoms with Crippen molar-refractivity contribution >= 4 is 17.5 Å². The van der Waals surface area contributed by atoms with Crippen molar-refractivity contribution in [3.05, 3.63) is 64.7 Å². The number of rotatable bonds is 4. The van der Waals surface area contributed by atoms with Crippen LogP contribution in [0.5, 0.6) is 5.75 Å². The summed E-state index contributed by atoms with van der Waals surface area (Å²) in [5.41, 5.74) is 1.75. The number of ether oxygens (including phenoxy) is 1. The molecule has 1 N–H and O–H groups in total. The molecule has 1 amide bonds. The van der Waals surface area contributed by atoms with Crippen LogP contribution in [0.25, 0.3) is 0 Å². The molecule has 0 unspecified atom stereocenters. The third-order valence-corrected chi connectivity index (χ3v) is 4.91. The zero-order valence-electron chi connectivity index (χ0n) is 13.5. The highest BCUT2D eigenvalue weighted by molar-refractivity contribution is 6.31. The highest BCUT2D eigenvalue weighted by atomic mass is 35.5. The Labute approximate surface area is 141 Å². The molecule has 0 heterocycles. The molecule has 4 heteroatoms. The highest BCUT2D eigenvalue weighted by Crippen LogP contribution is 2.58. The fourth-order valence-electron chi connectivity index (χ4n) is 3.27. The van der Waals surface area contributed by atoms with Crippen molar-refractivity contribution in [2.75, 3.05) is 7.11 Å². The summed E-state index contributed by atoms with van der Waals surface area (Å²) in [6.07, 6.45) is 0. The lowest BCUT2D eigenvalue weighted by Crippen LogP contribution is -2.29. The second-order valence-electron chi connectivity index (χ2n) is 6.51. The number of nitrogens with one attached hydrogen (secondary N) is 1. The molecule has 120 valence electrons. The molecule has 2 aromatic carbocycles. The van der Waals surface area contributed by atoms with Gasteiger partial charge in [0.2, 0.25) is 0 Å². The van der Waals surface area contributed by atoms with E-state index in [0.717, 1.165) is 0 Å². The number of amides is 1. The van der Waals surface area contributed by atoms with Crippen molar-refractivity contribution in [3.8, 4) is 5.75 Å². The summed E-state index contributed by atoms with van der Waals surface area (Å²) in [5.74, 6) is 0.695. The lowest BCUT2D eigenvalue weighted by atomic mass is 10.0. The lowest BCUT2D eigenvalue weighted by molar-refractivity contribution is 0.0943. The minimum atomic E-state index is -0.152. The fourth-order valence-corrected chi connectivity index (χ4v) is 3.44. The van der Waals surface area contributed by atoms with Gasteiger partial charge in [-0.1, -0.05) is 55.8 Å². The van der Waals surface area contributed by atoms with Crippen molar-refractivity contribution in [1.29, 1.82) is 0 Å². The molecule has 0 bridgehead atoms. The Morgan fingerprint density at radius 1 is 1.17 bits per heavy atom. The Bertz CT molecular complexity index is 727. The van der Waals surface area contributed by atoms with Crippen LogP contribution in [0.4, 0.5) is 0 Å². The van der Waals surface area contributed by atoms with E-state index in [1.165, 1.54) is 5.56 Å². The van der Waals surface area contributed by atoms with Gasteiger partial charge in [-0.05, 0) is 29.2 Å². The molecule has 3 rings (SSSR count). The van der Waals surface area contributed by atoms with Crippen molar-refractivity contribution < 1.29 is 9.53 Å². The first-order valence-corrected chi connectivity index (χ1v) is 8.02. The number of carbonyl (C=O) groups excluding carboxylic acids is 1. The quantitative estimate of drug-likeness (QED) is 0.909. The van der Waals surface area contributed by atoms with Gasteiger partial charge >= 0.3 is 0 Å². The van der Waals surface area contributed by atoms with E-state index in [1.54, 1.807) is 25.3 Å². The third kappa shape index (κ3) is 2.93. The molecular weight excluding hydrogens is 310 g/mol. The number of methoxy groups -OCH3 is 1. The van der Waals surface area contributed by atoms with E-state index < -0.39 is 0 Å². The van der Waals surface area contributed by atoms with Crippen LogP contribution in [-0.4, -0.2) is 19.1 Å². The standard InChI is InChI=1S/C19H20ClNO2/c1-19(2)16(12-7-5-4-6-8-12)17(19)21-18(22)14-11-13(20)9-10-15(14)23-3/h4-11,16-17H,1-3H3,(H,21,22)/t16-,17-/m1/s1. The molecule has 0 aliphatic heterocycles. The molecule has 0 radical (unpaired) electrons. The van der Waals surface area contributed by atoms with Crippen molar-refractivity contribution in [2.24, 2.45) is 5.41 Å². The van der Waals surface area contributed by atoms with Crippen LogP contribution in [0.2, 0.25) is 5.02 Å². The fraction of sp³-hybridized carbons (Fsp3) is 0.316. The van der Waals surface area contributed by atoms with E-state index in [0.29, 0.717) is 22.3 Å². The molecular formula is C19H20ClNO2. The second kappa shape index (κ2) is 5.89. The van der Waals surface area contributed by atoms with Crippen LogP contribution >= 0.6 is 11.6 Å². The van der Waals surface area contributed by atoms with Gasteiger partial charge in [0.05, 0.1) is 12.7 Å². The largest absolute Gasteiger partial charge is 0.496 e. The van der Waals surface area contributed by atoms with E-state index >= 15 is 0 Å². The molecule has 0 saturated heterocycles. The maximum absolute atomic E-state index is 12.6. The van der Waals surface area contributed by atoms with Gasteiger partial charge in [-0.15, -0.1) is 0 Å². The van der Waals surface area contributed by atoms with Crippen LogP contribution < -0.4 is 10.1 Å². The molecule has 1 aliphatic rings. The molecule has 1 fully saturated rings. The summed E-state index contributed by atoms with van der Waals surface area (Å²) in [6, 6.07) is 15.4. The van der Waals surface area contributed by atoms with Crippen LogP contribution in [0.1, 0.15) is 35.7 Å². The van der Waals surface area contributed by atoms with Crippen LogP contribution in [0, 0.1) is 5.41 Å². The van der Waals surface area contributed by atoms with Gasteiger partial charge in [-0.3, -0.25) is 4.79 Å². The monoisotopic (exact) mass is 329 g/mol. The smallest absolute Gasteiger partial charge is 0.255 e. The average molecular weight is 330 g/mol. The Hall–Kier alpha value is -2.00. The van der Waals surface area contributed by atoms with Gasteiger partial charge in [0.25, 0.3) is 5.91 Å². The normalized spacial score (nSPS) is 21.6. The van der Waals surface area contributed by atoms with E-state index in [4.69, 9.17) is 16.3 Å². The first-order chi connectivity index (χ1) is 10.9. The number of halogens is 1. The molecule has 3 nitrogen and oxygen atoms in total. The van der Waals surface area contributed by atoms with Crippen LogP contribution in [-0.2, 0) is 0 Å². The Balaban J connectivity index is 1.80. The first-order valence-electron chi connectivity index (χ1n) is 7.64. The third-order valence-electron chi connectivity index (χ3n) is 4.68. The highest BCUT2D eigenvalue weighted by Gasteiger charge is 2.59. The first kappa shape index (κ1) is 15.9. The molecule has 0 spiro atoms. The van der Waals surface area contributed by atoms with E-state index in [2.05, 4.69) is 31.3 Å².